The summed E-state index contributed by atoms with van der Waals surface area (Å²) in [5, 5.41) is 0. The fourth-order valence-electron chi connectivity index (χ4n) is 0. The fraction of sp³-hybridized carbons (Fsp3) is 0. The molecule has 0 aromatic rings. The molecule has 0 aromatic carbocycles. The molecule has 0 aliphatic carbocycles. The second-order valence-corrected chi connectivity index (χ2v) is 0. The molecule has 0 aliphatic heterocycles. The zero-order valence-electron chi connectivity index (χ0n) is 2.56. The molecule has 0 aromatic heterocycles. The summed E-state index contributed by atoms with van der Waals surface area (Å²) in [4.78, 5) is 0. The Bertz CT molecular complexity index is 6.04. The van der Waals surface area contributed by atoms with Gasteiger partial charge in [-0.25, -0.2) is 0 Å². The molecular weight excluding hydrogens is 966 g/mol. The number of hydrogen-bond acceptors (Lipinski definition) is 0. The SMILES string of the molecule is [Eu].[Eu].[Eu].[Eu].[Eu].[Rh].[Rh]. The van der Waals surface area contributed by atoms with Crippen molar-refractivity contribution < 1.29 is 286 Å². The molecule has 53 valence electrons. The Morgan fingerprint density at radius 3 is 0.286 bits per heavy atom. The van der Waals surface area contributed by atoms with E-state index in [0.717, 1.165) is 0 Å². The second kappa shape index (κ2) is 36.2. The van der Waals surface area contributed by atoms with Crippen molar-refractivity contribution in [3.8, 4) is 0 Å². The molecule has 7 radical (unpaired) electrons. The zero-order valence-corrected chi connectivity index (χ0v) is 18.0. The van der Waals surface area contributed by atoms with E-state index in [2.05, 4.69) is 0 Å². The molecule has 0 heterocycles. The van der Waals surface area contributed by atoms with Gasteiger partial charge in [0.25, 0.3) is 0 Å². The molecule has 0 N–H and O–H groups in total. The van der Waals surface area contributed by atoms with Crippen molar-refractivity contribution in [2.24, 2.45) is 0 Å². The minimum absolute atomic E-state index is 0. The summed E-state index contributed by atoms with van der Waals surface area (Å²) in [7, 11) is 0. The van der Waals surface area contributed by atoms with E-state index in [0.29, 0.717) is 0 Å². The van der Waals surface area contributed by atoms with Gasteiger partial charge in [-0.15, -0.1) is 0 Å². The average molecular weight is 966 g/mol. The molecule has 0 aliphatic rings. The molecule has 0 nitrogen and oxygen atoms in total. The smallest absolute Gasteiger partial charge is 0 e. The first-order valence-electron chi connectivity index (χ1n) is 0. The molecule has 0 spiro atoms. The molecule has 7 heavy (non-hydrogen) atoms. The van der Waals surface area contributed by atoms with Crippen molar-refractivity contribution in [2.45, 2.75) is 0 Å². The van der Waals surface area contributed by atoms with E-state index >= 15 is 0 Å². The van der Waals surface area contributed by atoms with Crippen LogP contribution in [0.3, 0.4) is 0 Å². The van der Waals surface area contributed by atoms with E-state index in [4.69, 9.17) is 0 Å². The third-order valence-electron chi connectivity index (χ3n) is 0. The van der Waals surface area contributed by atoms with E-state index in [1.165, 1.54) is 0 Å². The van der Waals surface area contributed by atoms with Crippen LogP contribution in [0.4, 0.5) is 0 Å². The van der Waals surface area contributed by atoms with E-state index < -0.39 is 0 Å². The molecule has 0 unspecified atom stereocenters. The second-order valence-electron chi connectivity index (χ2n) is 0. The van der Waals surface area contributed by atoms with E-state index in [9.17, 15) is 0 Å². The molecule has 0 atom stereocenters. The van der Waals surface area contributed by atoms with Crippen LogP contribution in [0.5, 0.6) is 0 Å². The molecule has 0 saturated carbocycles. The van der Waals surface area contributed by atoms with Gasteiger partial charge in [-0.2, -0.15) is 0 Å². The first kappa shape index (κ1) is 44.3. The quantitative estimate of drug-likeness (QED) is 0.301. The van der Waals surface area contributed by atoms with Crippen molar-refractivity contribution in [1.29, 1.82) is 0 Å². The van der Waals surface area contributed by atoms with Crippen LogP contribution in [0.15, 0.2) is 0 Å². The van der Waals surface area contributed by atoms with Gasteiger partial charge in [-0.05, 0) is 0 Å². The van der Waals surface area contributed by atoms with Gasteiger partial charge in [0.1, 0.15) is 0 Å². The van der Waals surface area contributed by atoms with Gasteiger partial charge in [0.15, 0.2) is 0 Å². The van der Waals surface area contributed by atoms with Gasteiger partial charge in [-0.3, -0.25) is 0 Å². The minimum atomic E-state index is 0. The van der Waals surface area contributed by atoms with E-state index in [1.807, 2.05) is 0 Å². The number of rotatable bonds is 0. The summed E-state index contributed by atoms with van der Waals surface area (Å²) in [5.41, 5.74) is 0. The minimum Gasteiger partial charge on any atom is 0 e. The predicted molar refractivity (Wildman–Crippen MR) is 0 cm³/mol. The molecule has 0 rings (SSSR count). The van der Waals surface area contributed by atoms with Crippen molar-refractivity contribution in [1.82, 2.24) is 0 Å². The maximum absolute atomic E-state index is 0. The van der Waals surface area contributed by atoms with Gasteiger partial charge < -0.3 is 0 Å². The molecular formula is Eu5Rh2. The Morgan fingerprint density at radius 1 is 0.286 bits per heavy atom. The molecule has 0 amide bonds. The summed E-state index contributed by atoms with van der Waals surface area (Å²) in [5.74, 6) is 0. The Hall–Kier alpha value is 9.17. The molecule has 7 heteroatoms. The van der Waals surface area contributed by atoms with Crippen molar-refractivity contribution in [3.63, 3.8) is 0 Å². The van der Waals surface area contributed by atoms with Crippen LogP contribution >= 0.6 is 0 Å². The van der Waals surface area contributed by atoms with Crippen molar-refractivity contribution in [3.05, 3.63) is 0 Å². The number of hydrogen-bond donors (Lipinski definition) is 0. The third kappa shape index (κ3) is 31.3. The first-order chi connectivity index (χ1) is 0. The van der Waals surface area contributed by atoms with Crippen LogP contribution in [-0.4, -0.2) is 0 Å². The van der Waals surface area contributed by atoms with Crippen LogP contribution < -0.4 is 0 Å². The Morgan fingerprint density at radius 2 is 0.286 bits per heavy atom. The van der Waals surface area contributed by atoms with Crippen LogP contribution in [0, 0.1) is 247 Å². The Balaban J connectivity index is 0. The Labute approximate surface area is 274 Å². The Kier molecular flexibility index (Phi) is 229. The van der Waals surface area contributed by atoms with Gasteiger partial charge in [0, 0.05) is 286 Å². The maximum atomic E-state index is 0. The van der Waals surface area contributed by atoms with Gasteiger partial charge in [-0.1, -0.05) is 0 Å². The summed E-state index contributed by atoms with van der Waals surface area (Å²) < 4.78 is 0. The standard InChI is InChI=1S/5Eu.2Rh. The van der Waals surface area contributed by atoms with Gasteiger partial charge in [0.2, 0.25) is 0 Å². The fourth-order valence-corrected chi connectivity index (χ4v) is 0. The topological polar surface area (TPSA) is 0 Å². The summed E-state index contributed by atoms with van der Waals surface area (Å²) in [6.07, 6.45) is 0. The monoisotopic (exact) mass is 970 g/mol. The summed E-state index contributed by atoms with van der Waals surface area (Å²) in [6.45, 7) is 0. The van der Waals surface area contributed by atoms with Crippen LogP contribution in [0.2, 0.25) is 0 Å². The molecule has 0 saturated heterocycles. The first-order valence-corrected chi connectivity index (χ1v) is 0. The summed E-state index contributed by atoms with van der Waals surface area (Å²) >= 11 is 0. The van der Waals surface area contributed by atoms with Crippen molar-refractivity contribution in [2.75, 3.05) is 0 Å². The normalized spacial score (nSPS) is 0. The summed E-state index contributed by atoms with van der Waals surface area (Å²) in [6, 6.07) is 0. The van der Waals surface area contributed by atoms with Gasteiger partial charge in [0.05, 0.1) is 0 Å². The predicted octanol–water partition coefficient (Wildman–Crippen LogP) is -0.00500. The maximum Gasteiger partial charge on any atom is 0 e. The van der Waals surface area contributed by atoms with Crippen LogP contribution in [-0.2, 0) is 39.0 Å². The van der Waals surface area contributed by atoms with E-state index in [-0.39, 0.29) is 286 Å². The van der Waals surface area contributed by atoms with Gasteiger partial charge >= 0.3 is 0 Å². The molecule has 0 bridgehead atoms. The largest absolute Gasteiger partial charge is 0 e. The molecule has 0 fully saturated rings. The zero-order chi connectivity index (χ0) is 0. The average Bonchev–Trinajstić information content (AvgIpc) is 0. The van der Waals surface area contributed by atoms with Crippen molar-refractivity contribution >= 4 is 0 Å². The van der Waals surface area contributed by atoms with Crippen LogP contribution in [0.25, 0.3) is 0 Å². The third-order valence-corrected chi connectivity index (χ3v) is 0. The van der Waals surface area contributed by atoms with Crippen LogP contribution in [0.1, 0.15) is 0 Å². The van der Waals surface area contributed by atoms with E-state index in [1.54, 1.807) is 0 Å².